The Balaban J connectivity index is 1.57. The average molecular weight is 431 g/mol. The second-order valence-corrected chi connectivity index (χ2v) is 8.24. The molecule has 32 heavy (non-hydrogen) atoms. The number of H-pyrrole nitrogens is 1. The number of nitrogens with two attached hydrogens (primary N) is 1. The van der Waals surface area contributed by atoms with Crippen LogP contribution in [0.2, 0.25) is 0 Å². The summed E-state index contributed by atoms with van der Waals surface area (Å²) in [4.78, 5) is 30.0. The van der Waals surface area contributed by atoms with Gasteiger partial charge in [-0.1, -0.05) is 18.2 Å². The number of rotatable bonds is 7. The molecule has 1 aromatic heterocycles. The van der Waals surface area contributed by atoms with E-state index in [4.69, 9.17) is 5.73 Å². The topological polar surface area (TPSA) is 115 Å². The summed E-state index contributed by atoms with van der Waals surface area (Å²) in [5.74, 6) is 1.87. The van der Waals surface area contributed by atoms with E-state index in [2.05, 4.69) is 38.0 Å². The summed E-state index contributed by atoms with van der Waals surface area (Å²) in [6.07, 6.45) is 2.44. The van der Waals surface area contributed by atoms with E-state index in [0.29, 0.717) is 11.3 Å². The van der Waals surface area contributed by atoms with Crippen LogP contribution in [0.25, 0.3) is 10.9 Å². The Hall–Kier alpha value is -3.58. The number of fused-ring (bicyclic) bond motifs is 2. The first-order valence-electron chi connectivity index (χ1n) is 10.9. The molecule has 1 atom stereocenters. The highest BCUT2D eigenvalue weighted by Crippen LogP contribution is 2.39. The van der Waals surface area contributed by atoms with Gasteiger partial charge in [-0.25, -0.2) is 4.79 Å². The van der Waals surface area contributed by atoms with Gasteiger partial charge < -0.3 is 26.7 Å². The van der Waals surface area contributed by atoms with Crippen LogP contribution in [0.15, 0.2) is 48.3 Å². The molecule has 5 rings (SSSR count). The van der Waals surface area contributed by atoms with Crippen LogP contribution in [0, 0.1) is 0 Å². The first-order valence-corrected chi connectivity index (χ1v) is 10.9. The van der Waals surface area contributed by atoms with E-state index in [1.165, 1.54) is 12.8 Å². The maximum Gasteiger partial charge on any atom is 0.252 e. The van der Waals surface area contributed by atoms with E-state index in [1.54, 1.807) is 12.1 Å². The third-order valence-electron chi connectivity index (χ3n) is 6.23. The van der Waals surface area contributed by atoms with E-state index < -0.39 is 0 Å². The lowest BCUT2D eigenvalue weighted by molar-refractivity contribution is 0.0960. The zero-order valence-electron chi connectivity index (χ0n) is 17.7. The second-order valence-electron chi connectivity index (χ2n) is 8.24. The fourth-order valence-electron chi connectivity index (χ4n) is 4.79. The number of nitrogens with one attached hydrogen (secondary N) is 4. The largest absolute Gasteiger partial charge is 0.357 e. The van der Waals surface area contributed by atoms with Gasteiger partial charge in [-0.15, -0.1) is 0 Å². The molecule has 0 spiro atoms. The third kappa shape index (κ3) is 3.65. The van der Waals surface area contributed by atoms with Crippen molar-refractivity contribution in [3.8, 4) is 0 Å². The van der Waals surface area contributed by atoms with Crippen molar-refractivity contribution >= 4 is 28.4 Å². The lowest BCUT2D eigenvalue weighted by atomic mass is 9.95. The van der Waals surface area contributed by atoms with E-state index >= 15 is 0 Å². The van der Waals surface area contributed by atoms with E-state index in [0.717, 1.165) is 47.4 Å². The number of hydrogen-bond donors (Lipinski definition) is 5. The molecule has 3 aromatic rings. The van der Waals surface area contributed by atoms with Gasteiger partial charge in [0, 0.05) is 40.0 Å². The number of benzene rings is 2. The van der Waals surface area contributed by atoms with Crippen LogP contribution >= 0.6 is 0 Å². The quantitative estimate of drug-likeness (QED) is 0.290. The van der Waals surface area contributed by atoms with Gasteiger partial charge in [0.05, 0.1) is 12.7 Å². The van der Waals surface area contributed by atoms with Gasteiger partial charge >= 0.3 is 0 Å². The number of carbonyl (C=O) groups excluding carboxylic acids is 2. The molecular weight excluding hydrogens is 404 g/mol. The Kier molecular flexibility index (Phi) is 5.41. The van der Waals surface area contributed by atoms with Crippen LogP contribution in [0.4, 0.5) is 5.69 Å². The predicted molar refractivity (Wildman–Crippen MR) is 124 cm³/mol. The molecule has 1 fully saturated rings. The zero-order chi connectivity index (χ0) is 22.1. The molecule has 8 nitrogen and oxygen atoms in total. The van der Waals surface area contributed by atoms with Gasteiger partial charge in [0.2, 0.25) is 0 Å². The molecule has 0 unspecified atom stereocenters. The second kappa shape index (κ2) is 8.51. The van der Waals surface area contributed by atoms with Crippen molar-refractivity contribution in [3.63, 3.8) is 0 Å². The number of hydrogen-bond acceptors (Lipinski definition) is 6. The Morgan fingerprint density at radius 3 is 2.78 bits per heavy atom. The molecule has 164 valence electrons. The van der Waals surface area contributed by atoms with Crippen molar-refractivity contribution in [1.82, 2.24) is 20.5 Å². The third-order valence-corrected chi connectivity index (χ3v) is 6.23. The number of nitrogens with zero attached hydrogens (tertiary/aromatic N) is 1. The number of carbonyl (C=O) groups is 1. The highest BCUT2D eigenvalue weighted by molar-refractivity contribution is 6.01. The van der Waals surface area contributed by atoms with Crippen molar-refractivity contribution < 1.29 is 9.59 Å². The molecular formula is C24H26N6O2. The van der Waals surface area contributed by atoms with Crippen molar-refractivity contribution in [1.29, 1.82) is 0 Å². The van der Waals surface area contributed by atoms with Crippen LogP contribution < -0.4 is 21.7 Å². The predicted octanol–water partition coefficient (Wildman–Crippen LogP) is 2.19. The van der Waals surface area contributed by atoms with E-state index in [1.807, 2.05) is 24.1 Å². The van der Waals surface area contributed by atoms with Gasteiger partial charge in [0.25, 0.3) is 5.91 Å². The van der Waals surface area contributed by atoms with Gasteiger partial charge in [-0.3, -0.25) is 9.69 Å². The SMILES string of the molecule is NCNC(=C=O)Nc1ccc2c(c1)[C@@H](c1c(CN3CCCC3)[nH]c3ccccc13)NC2=O. The number of aromatic amines is 1. The highest BCUT2D eigenvalue weighted by Gasteiger charge is 2.34. The first-order chi connectivity index (χ1) is 15.7. The smallest absolute Gasteiger partial charge is 0.252 e. The van der Waals surface area contributed by atoms with Gasteiger partial charge in [-0.2, -0.15) is 0 Å². The van der Waals surface area contributed by atoms with Crippen molar-refractivity contribution in [2.24, 2.45) is 5.73 Å². The van der Waals surface area contributed by atoms with Crippen LogP contribution in [0.5, 0.6) is 0 Å². The molecule has 2 aromatic carbocycles. The number of aromatic nitrogens is 1. The Morgan fingerprint density at radius 2 is 2.00 bits per heavy atom. The molecule has 6 N–H and O–H groups in total. The van der Waals surface area contributed by atoms with E-state index in [-0.39, 0.29) is 24.4 Å². The summed E-state index contributed by atoms with van der Waals surface area (Å²) in [6.45, 7) is 3.11. The maximum atomic E-state index is 12.8. The minimum atomic E-state index is -0.279. The highest BCUT2D eigenvalue weighted by atomic mass is 16.2. The van der Waals surface area contributed by atoms with Gasteiger partial charge in [-0.05, 0) is 55.8 Å². The van der Waals surface area contributed by atoms with Crippen LogP contribution in [-0.2, 0) is 11.3 Å². The number of amides is 1. The summed E-state index contributed by atoms with van der Waals surface area (Å²) >= 11 is 0. The Bertz CT molecular complexity index is 1220. The summed E-state index contributed by atoms with van der Waals surface area (Å²) in [5, 5.41) is 10.0. The summed E-state index contributed by atoms with van der Waals surface area (Å²) in [5.41, 5.74) is 11.0. The average Bonchev–Trinajstić information content (AvgIpc) is 3.51. The molecule has 0 bridgehead atoms. The summed E-state index contributed by atoms with van der Waals surface area (Å²) in [7, 11) is 0. The van der Waals surface area contributed by atoms with E-state index in [9.17, 15) is 9.59 Å². The molecule has 0 radical (unpaired) electrons. The van der Waals surface area contributed by atoms with Crippen molar-refractivity contribution in [2.45, 2.75) is 25.4 Å². The maximum absolute atomic E-state index is 12.8. The zero-order valence-corrected chi connectivity index (χ0v) is 17.7. The van der Waals surface area contributed by atoms with Crippen molar-refractivity contribution in [2.75, 3.05) is 25.1 Å². The lowest BCUT2D eigenvalue weighted by Gasteiger charge is -2.19. The number of likely N-dealkylation sites (tertiary alicyclic amines) is 1. The first kappa shape index (κ1) is 20.3. The van der Waals surface area contributed by atoms with Crippen molar-refractivity contribution in [3.05, 3.63) is 70.7 Å². The minimum absolute atomic E-state index is 0.0970. The molecule has 2 aliphatic rings. The normalized spacial score (nSPS) is 17.8. The lowest BCUT2D eigenvalue weighted by Crippen LogP contribution is -2.26. The van der Waals surface area contributed by atoms with Crippen LogP contribution in [0.3, 0.4) is 0 Å². The summed E-state index contributed by atoms with van der Waals surface area (Å²) in [6, 6.07) is 13.4. The molecule has 1 saturated heterocycles. The Labute approximate surface area is 185 Å². The molecule has 2 aliphatic heterocycles. The molecule has 8 heteroatoms. The minimum Gasteiger partial charge on any atom is -0.357 e. The molecule has 1 amide bonds. The van der Waals surface area contributed by atoms with Gasteiger partial charge in [0.15, 0.2) is 11.8 Å². The number of anilines is 1. The molecule has 0 saturated carbocycles. The fraction of sp³-hybridized carbons (Fsp3) is 0.292. The van der Waals surface area contributed by atoms with Gasteiger partial charge in [0.1, 0.15) is 0 Å². The fourth-order valence-corrected chi connectivity index (χ4v) is 4.79. The Morgan fingerprint density at radius 1 is 1.19 bits per heavy atom. The number of para-hydroxylation sites is 1. The van der Waals surface area contributed by atoms with Crippen LogP contribution in [-0.4, -0.2) is 41.5 Å². The monoisotopic (exact) mass is 430 g/mol. The molecule has 3 heterocycles. The summed E-state index contributed by atoms with van der Waals surface area (Å²) < 4.78 is 0. The van der Waals surface area contributed by atoms with Crippen LogP contribution in [0.1, 0.15) is 46.1 Å². The molecule has 0 aliphatic carbocycles. The standard InChI is InChI=1S/C24H26N6O2/c25-14-26-21(13-31)27-15-7-8-16-18(11-15)23(29-24(16)32)22-17-5-1-2-6-19(17)28-20(22)12-30-9-3-4-10-30/h1-2,5-8,11,23,26-28H,3-4,9-10,12,14,25H2,(H,29,32)/t23-/m0/s1.